The van der Waals surface area contributed by atoms with Gasteiger partial charge < -0.3 is 35.5 Å². The minimum absolute atomic E-state index is 0. The van der Waals surface area contributed by atoms with E-state index in [1.807, 2.05) is 19.9 Å². The summed E-state index contributed by atoms with van der Waals surface area (Å²) in [6.45, 7) is 7.61. The molecule has 1 aromatic carbocycles. The predicted octanol–water partition coefficient (Wildman–Crippen LogP) is 4.32. The van der Waals surface area contributed by atoms with Crippen LogP contribution >= 0.6 is 0 Å². The van der Waals surface area contributed by atoms with E-state index in [2.05, 4.69) is 15.4 Å². The van der Waals surface area contributed by atoms with E-state index in [0.717, 1.165) is 45.3 Å². The fourth-order valence-corrected chi connectivity index (χ4v) is 4.88. The summed E-state index contributed by atoms with van der Waals surface area (Å²) >= 11 is 0. The minimum Gasteiger partial charge on any atom is -0.453 e. The fourth-order valence-electron chi connectivity index (χ4n) is 4.88. The number of ether oxygens (including phenoxy) is 3. The summed E-state index contributed by atoms with van der Waals surface area (Å²) in [7, 11) is 1.30. The molecule has 2 saturated heterocycles. The smallest absolute Gasteiger partial charge is 0.406 e. The number of methoxy groups -OCH3 is 1. The van der Waals surface area contributed by atoms with Gasteiger partial charge in [-0.3, -0.25) is 0 Å². The Hall–Kier alpha value is -2.43. The Morgan fingerprint density at radius 3 is 2.78 bits per heavy atom. The van der Waals surface area contributed by atoms with Crippen LogP contribution in [-0.4, -0.2) is 76.2 Å². The number of halogens is 1. The number of piperidine rings is 1. The zero-order valence-electron chi connectivity index (χ0n) is 22.5. The van der Waals surface area contributed by atoms with Crippen LogP contribution in [0.1, 0.15) is 60.5 Å². The van der Waals surface area contributed by atoms with Gasteiger partial charge in [0, 0.05) is 54.2 Å². The first-order valence-corrected chi connectivity index (χ1v) is 13.5. The van der Waals surface area contributed by atoms with E-state index in [1.54, 1.807) is 11.0 Å². The number of likely N-dealkylation sites (tertiary alicyclic amines) is 1. The number of benzene rings is 1. The maximum absolute atomic E-state index is 14.0. The molecule has 0 bridgehead atoms. The second kappa shape index (κ2) is 17.1. The highest BCUT2D eigenvalue weighted by molar-refractivity contribution is 5.74. The molecule has 2 aliphatic rings. The Kier molecular flexibility index (Phi) is 14.3. The number of nitrogens with two attached hydrogens (primary N) is 1. The molecule has 214 valence electrons. The lowest BCUT2D eigenvalue weighted by Crippen LogP contribution is -2.49. The minimum atomic E-state index is -0.536. The zero-order chi connectivity index (χ0) is 27.0. The lowest BCUT2D eigenvalue weighted by atomic mass is 9.88. The molecule has 0 unspecified atom stereocenters. The number of urea groups is 1. The molecular weight excluding hydrogens is 479 g/mol. The number of hydrogen-bond donors (Lipinski definition) is 3. The van der Waals surface area contributed by atoms with Crippen molar-refractivity contribution < 1.29 is 31.0 Å². The monoisotopic (exact) mass is 528 g/mol. The molecule has 0 spiro atoms. The molecule has 0 aromatic heterocycles. The SMILES string of the molecule is CC.COC(=O)NCCO[C@@H](c1cccc(F)c1)[C@@H]1CCCN(C(=O)NC[C@@H](N)C[C@H]2CCCOC2)C1.[HH].[HH]. The number of carbonyl (C=O) groups excluding carboxylic acids is 2. The molecule has 3 amide bonds. The molecule has 4 N–H and O–H groups in total. The largest absolute Gasteiger partial charge is 0.453 e. The Morgan fingerprint density at radius 2 is 2.08 bits per heavy atom. The second-order valence-electron chi connectivity index (χ2n) is 9.38. The van der Waals surface area contributed by atoms with Crippen LogP contribution in [0.3, 0.4) is 0 Å². The van der Waals surface area contributed by atoms with Crippen LogP contribution in [-0.2, 0) is 14.2 Å². The summed E-state index contributed by atoms with van der Waals surface area (Å²) in [5.74, 6) is 0.0990. The predicted molar refractivity (Wildman–Crippen MR) is 145 cm³/mol. The Morgan fingerprint density at radius 1 is 1.27 bits per heavy atom. The molecule has 0 aliphatic carbocycles. The van der Waals surface area contributed by atoms with Gasteiger partial charge in [0.1, 0.15) is 5.82 Å². The van der Waals surface area contributed by atoms with Gasteiger partial charge in [0.25, 0.3) is 0 Å². The molecule has 2 aliphatic heterocycles. The van der Waals surface area contributed by atoms with E-state index >= 15 is 0 Å². The van der Waals surface area contributed by atoms with E-state index in [9.17, 15) is 14.0 Å². The van der Waals surface area contributed by atoms with Crippen LogP contribution in [0.2, 0.25) is 0 Å². The van der Waals surface area contributed by atoms with Gasteiger partial charge in [0.15, 0.2) is 0 Å². The summed E-state index contributed by atoms with van der Waals surface area (Å²) in [5, 5.41) is 5.56. The summed E-state index contributed by atoms with van der Waals surface area (Å²) in [6.07, 6.45) is 3.73. The summed E-state index contributed by atoms with van der Waals surface area (Å²) in [6, 6.07) is 6.08. The summed E-state index contributed by atoms with van der Waals surface area (Å²) < 4.78 is 30.2. The Labute approximate surface area is 223 Å². The third-order valence-corrected chi connectivity index (χ3v) is 6.61. The van der Waals surface area contributed by atoms with Crippen molar-refractivity contribution in [3.05, 3.63) is 35.6 Å². The van der Waals surface area contributed by atoms with Gasteiger partial charge in [0.05, 0.1) is 19.8 Å². The third kappa shape index (κ3) is 10.8. The first-order valence-electron chi connectivity index (χ1n) is 13.5. The highest BCUT2D eigenvalue weighted by atomic mass is 19.1. The summed E-state index contributed by atoms with van der Waals surface area (Å²) in [4.78, 5) is 26.0. The maximum Gasteiger partial charge on any atom is 0.406 e. The van der Waals surface area contributed by atoms with Gasteiger partial charge in [-0.25, -0.2) is 14.0 Å². The Bertz CT molecular complexity index is 820. The average Bonchev–Trinajstić information content (AvgIpc) is 2.93. The van der Waals surface area contributed by atoms with E-state index in [-0.39, 0.29) is 39.8 Å². The number of rotatable bonds is 10. The van der Waals surface area contributed by atoms with E-state index < -0.39 is 12.2 Å². The Balaban J connectivity index is 0.00000353. The molecule has 9 nitrogen and oxygen atoms in total. The van der Waals surface area contributed by atoms with Crippen LogP contribution in [0.4, 0.5) is 14.0 Å². The van der Waals surface area contributed by atoms with Crippen molar-refractivity contribution in [2.45, 2.75) is 58.1 Å². The molecule has 0 saturated carbocycles. The van der Waals surface area contributed by atoms with Crippen molar-refractivity contribution in [3.8, 4) is 0 Å². The quantitative estimate of drug-likeness (QED) is 0.390. The van der Waals surface area contributed by atoms with Crippen LogP contribution in [0, 0.1) is 17.7 Å². The van der Waals surface area contributed by atoms with Gasteiger partial charge >= 0.3 is 12.1 Å². The van der Waals surface area contributed by atoms with Gasteiger partial charge in [-0.15, -0.1) is 0 Å². The molecule has 2 heterocycles. The molecule has 10 heteroatoms. The second-order valence-corrected chi connectivity index (χ2v) is 9.38. The van der Waals surface area contributed by atoms with Crippen LogP contribution in [0.15, 0.2) is 24.3 Å². The fraction of sp³-hybridized carbons (Fsp3) is 0.704. The topological polar surface area (TPSA) is 115 Å². The number of amides is 3. The molecule has 2 fully saturated rings. The number of hydrogen-bond acceptors (Lipinski definition) is 6. The highest BCUT2D eigenvalue weighted by Gasteiger charge is 2.31. The number of nitrogens with one attached hydrogen (secondary N) is 2. The summed E-state index contributed by atoms with van der Waals surface area (Å²) in [5.41, 5.74) is 6.98. The van der Waals surface area contributed by atoms with Gasteiger partial charge in [-0.05, 0) is 55.7 Å². The number of nitrogens with zero attached hydrogens (tertiary/aromatic N) is 1. The van der Waals surface area contributed by atoms with Crippen LogP contribution < -0.4 is 16.4 Å². The lowest BCUT2D eigenvalue weighted by molar-refractivity contribution is -0.00865. The van der Waals surface area contributed by atoms with E-state index in [1.165, 1.54) is 19.2 Å². The normalized spacial score (nSPS) is 21.2. The number of alkyl carbamates (subject to hydrolysis) is 1. The van der Waals surface area contributed by atoms with Crippen molar-refractivity contribution in [2.24, 2.45) is 17.6 Å². The average molecular weight is 529 g/mol. The molecule has 3 rings (SSSR count). The van der Waals surface area contributed by atoms with E-state index in [0.29, 0.717) is 31.1 Å². The van der Waals surface area contributed by atoms with Gasteiger partial charge in [0.2, 0.25) is 0 Å². The van der Waals surface area contributed by atoms with Crippen molar-refractivity contribution in [3.63, 3.8) is 0 Å². The van der Waals surface area contributed by atoms with Gasteiger partial charge in [-0.1, -0.05) is 26.0 Å². The molecule has 4 atom stereocenters. The lowest BCUT2D eigenvalue weighted by Gasteiger charge is -2.37. The maximum atomic E-state index is 14.0. The van der Waals surface area contributed by atoms with Crippen LogP contribution in [0.25, 0.3) is 0 Å². The van der Waals surface area contributed by atoms with Crippen molar-refractivity contribution >= 4 is 12.1 Å². The zero-order valence-corrected chi connectivity index (χ0v) is 22.5. The van der Waals surface area contributed by atoms with Gasteiger partial charge in [-0.2, -0.15) is 0 Å². The molecule has 37 heavy (non-hydrogen) atoms. The van der Waals surface area contributed by atoms with Crippen LogP contribution in [0.5, 0.6) is 0 Å². The van der Waals surface area contributed by atoms with Crippen molar-refractivity contribution in [1.82, 2.24) is 15.5 Å². The standard InChI is InChI=1S/C25H39FN4O5.C2H6.2H2/c1-33-25(32)28-9-12-35-23(19-6-2-8-21(26)14-19)20-7-3-10-30(16-20)24(31)29-15-22(27)13-18-5-4-11-34-17-18;1-2;;/h2,6,8,14,18,20,22-23H,3-5,7,9-13,15-17,27H2,1H3,(H,28,32)(H,29,31);1-2H3;2*1H/t18-,20-,22+,23+;;;/m1.../s1. The molecular formula is C27H49FN4O5. The number of carbonyl (C=O) groups is 2. The first-order chi connectivity index (χ1) is 18.0. The van der Waals surface area contributed by atoms with Crippen molar-refractivity contribution in [1.29, 1.82) is 0 Å². The first kappa shape index (κ1) is 30.8. The van der Waals surface area contributed by atoms with E-state index in [4.69, 9.17) is 15.2 Å². The highest BCUT2D eigenvalue weighted by Crippen LogP contribution is 2.33. The molecule has 1 aromatic rings. The third-order valence-electron chi connectivity index (χ3n) is 6.61. The van der Waals surface area contributed by atoms with Crippen molar-refractivity contribution in [2.75, 3.05) is 53.1 Å². The molecule has 0 radical (unpaired) electrons.